The molecule has 0 amide bonds. The van der Waals surface area contributed by atoms with Gasteiger partial charge in [0.2, 0.25) is 0 Å². The summed E-state index contributed by atoms with van der Waals surface area (Å²) in [5.74, 6) is 0. The van der Waals surface area contributed by atoms with E-state index in [1.807, 2.05) is 0 Å². The molecule has 0 aromatic heterocycles. The molecule has 1 unspecified atom stereocenters. The van der Waals surface area contributed by atoms with Crippen molar-refractivity contribution in [3.63, 3.8) is 0 Å². The molecule has 1 fully saturated rings. The zero-order valence-electron chi connectivity index (χ0n) is 12.8. The molecule has 0 aliphatic heterocycles. The van der Waals surface area contributed by atoms with E-state index in [4.69, 9.17) is 0 Å². The van der Waals surface area contributed by atoms with E-state index in [1.165, 1.54) is 37.7 Å². The van der Waals surface area contributed by atoms with Crippen LogP contribution in [-0.2, 0) is 0 Å². The third-order valence-corrected chi connectivity index (χ3v) is 9.51. The number of hydrogen-bond donors (Lipinski definition) is 1. The van der Waals surface area contributed by atoms with Crippen LogP contribution in [0.15, 0.2) is 23.3 Å². The first-order valence-corrected chi connectivity index (χ1v) is 10.5. The fourth-order valence-corrected chi connectivity index (χ4v) is 6.94. The fraction of sp³-hybridized carbons (Fsp3) is 0.750. The topological polar surface area (TPSA) is 12.0 Å². The van der Waals surface area contributed by atoms with Gasteiger partial charge < -0.3 is 4.98 Å². The fourth-order valence-electron chi connectivity index (χ4n) is 3.68. The molecule has 102 valence electrons. The molecule has 1 atom stereocenters. The third-order valence-electron chi connectivity index (χ3n) is 5.25. The van der Waals surface area contributed by atoms with Crippen LogP contribution in [-0.4, -0.2) is 14.3 Å². The highest BCUT2D eigenvalue weighted by molar-refractivity contribution is 6.79. The van der Waals surface area contributed by atoms with E-state index in [9.17, 15) is 0 Å². The lowest BCUT2D eigenvalue weighted by Crippen LogP contribution is -2.57. The van der Waals surface area contributed by atoms with Crippen molar-refractivity contribution in [2.45, 2.75) is 77.0 Å². The van der Waals surface area contributed by atoms with Gasteiger partial charge in [-0.3, -0.25) is 0 Å². The first-order valence-electron chi connectivity index (χ1n) is 7.51. The Bertz CT molecular complexity index is 375. The first kappa shape index (κ1) is 14.1. The second-order valence-electron chi connectivity index (χ2n) is 7.02. The Kier molecular flexibility index (Phi) is 3.89. The van der Waals surface area contributed by atoms with E-state index in [1.54, 1.807) is 5.57 Å². The van der Waals surface area contributed by atoms with Crippen LogP contribution in [0.2, 0.25) is 18.1 Å². The Labute approximate surface area is 114 Å². The van der Waals surface area contributed by atoms with Crippen LogP contribution in [0.1, 0.15) is 52.9 Å². The van der Waals surface area contributed by atoms with Crippen molar-refractivity contribution in [3.05, 3.63) is 23.3 Å². The SMILES string of the molecule is CC1=CC(C)([Si](C)(C)NC2CCCCC2)C(C)=C1. The summed E-state index contributed by atoms with van der Waals surface area (Å²) >= 11 is 0. The quantitative estimate of drug-likeness (QED) is 0.723. The largest absolute Gasteiger partial charge is 0.334 e. The van der Waals surface area contributed by atoms with E-state index >= 15 is 0 Å². The summed E-state index contributed by atoms with van der Waals surface area (Å²) in [4.78, 5) is 4.08. The average molecular weight is 264 g/mol. The van der Waals surface area contributed by atoms with E-state index in [0.717, 1.165) is 6.04 Å². The van der Waals surface area contributed by atoms with Crippen molar-refractivity contribution in [2.24, 2.45) is 0 Å². The van der Waals surface area contributed by atoms with Gasteiger partial charge >= 0.3 is 0 Å². The lowest BCUT2D eigenvalue weighted by atomic mass is 9.96. The molecular weight excluding hydrogens is 234 g/mol. The summed E-state index contributed by atoms with van der Waals surface area (Å²) < 4.78 is 0. The maximum Gasteiger partial charge on any atom is 0.133 e. The van der Waals surface area contributed by atoms with Gasteiger partial charge in [-0.2, -0.15) is 0 Å². The summed E-state index contributed by atoms with van der Waals surface area (Å²) in [5, 5.41) is 0.300. The van der Waals surface area contributed by atoms with Crippen molar-refractivity contribution in [3.8, 4) is 0 Å². The minimum atomic E-state index is -1.48. The minimum absolute atomic E-state index is 0.300. The van der Waals surface area contributed by atoms with Gasteiger partial charge in [-0.15, -0.1) is 0 Å². The normalized spacial score (nSPS) is 30.3. The van der Waals surface area contributed by atoms with Crippen molar-refractivity contribution in [1.82, 2.24) is 4.98 Å². The van der Waals surface area contributed by atoms with Gasteiger partial charge in [0.1, 0.15) is 8.24 Å². The third kappa shape index (κ3) is 2.50. The van der Waals surface area contributed by atoms with Crippen molar-refractivity contribution in [1.29, 1.82) is 0 Å². The molecule has 0 aromatic rings. The molecule has 18 heavy (non-hydrogen) atoms. The Morgan fingerprint density at radius 1 is 1.17 bits per heavy atom. The predicted octanol–water partition coefficient (Wildman–Crippen LogP) is 4.78. The summed E-state index contributed by atoms with van der Waals surface area (Å²) in [5.41, 5.74) is 3.00. The smallest absolute Gasteiger partial charge is 0.133 e. The van der Waals surface area contributed by atoms with Crippen molar-refractivity contribution >= 4 is 8.24 Å². The van der Waals surface area contributed by atoms with E-state index in [2.05, 4.69) is 51.0 Å². The molecule has 2 aliphatic carbocycles. The number of nitrogens with one attached hydrogen (secondary N) is 1. The molecule has 2 heteroatoms. The standard InChI is InChI=1S/C16H29NSi/c1-13-11-14(2)16(3,12-13)18(4,5)17-15-9-7-6-8-10-15/h11-12,15,17H,6-10H2,1-5H3. The van der Waals surface area contributed by atoms with Crippen LogP contribution < -0.4 is 4.98 Å². The lowest BCUT2D eigenvalue weighted by molar-refractivity contribution is 0.411. The summed E-state index contributed by atoms with van der Waals surface area (Å²) in [6.07, 6.45) is 11.9. The van der Waals surface area contributed by atoms with Crippen LogP contribution in [0.3, 0.4) is 0 Å². The molecular formula is C16H29NSi. The van der Waals surface area contributed by atoms with Crippen LogP contribution >= 0.6 is 0 Å². The maximum absolute atomic E-state index is 4.08. The highest BCUT2D eigenvalue weighted by Gasteiger charge is 2.45. The van der Waals surface area contributed by atoms with Gasteiger partial charge in [-0.25, -0.2) is 0 Å². The van der Waals surface area contributed by atoms with E-state index in [0.29, 0.717) is 5.04 Å². The predicted molar refractivity (Wildman–Crippen MR) is 83.4 cm³/mol. The summed E-state index contributed by atoms with van der Waals surface area (Å²) in [6.45, 7) is 12.0. The highest BCUT2D eigenvalue weighted by Crippen LogP contribution is 2.49. The summed E-state index contributed by atoms with van der Waals surface area (Å²) in [6, 6.07) is 0.777. The molecule has 0 aromatic carbocycles. The van der Waals surface area contributed by atoms with Gasteiger partial charge in [0.05, 0.1) is 0 Å². The van der Waals surface area contributed by atoms with Gasteiger partial charge in [0.15, 0.2) is 0 Å². The van der Waals surface area contributed by atoms with Crippen LogP contribution in [0.5, 0.6) is 0 Å². The lowest BCUT2D eigenvalue weighted by Gasteiger charge is -2.44. The Morgan fingerprint density at radius 3 is 2.28 bits per heavy atom. The first-order chi connectivity index (χ1) is 8.35. The maximum atomic E-state index is 4.08. The van der Waals surface area contributed by atoms with Crippen LogP contribution in [0.4, 0.5) is 0 Å². The molecule has 0 heterocycles. The molecule has 2 aliphatic rings. The Morgan fingerprint density at radius 2 is 1.78 bits per heavy atom. The molecule has 0 radical (unpaired) electrons. The van der Waals surface area contributed by atoms with E-state index in [-0.39, 0.29) is 0 Å². The molecule has 0 saturated heterocycles. The van der Waals surface area contributed by atoms with Gasteiger partial charge in [0.25, 0.3) is 0 Å². The summed E-state index contributed by atoms with van der Waals surface area (Å²) in [7, 11) is -1.48. The molecule has 2 rings (SSSR count). The Hall–Kier alpha value is -0.343. The second-order valence-corrected chi connectivity index (χ2v) is 11.6. The van der Waals surface area contributed by atoms with Crippen LogP contribution in [0.25, 0.3) is 0 Å². The molecule has 1 N–H and O–H groups in total. The van der Waals surface area contributed by atoms with Crippen molar-refractivity contribution < 1.29 is 0 Å². The van der Waals surface area contributed by atoms with Crippen molar-refractivity contribution in [2.75, 3.05) is 0 Å². The zero-order valence-corrected chi connectivity index (χ0v) is 13.8. The molecule has 1 saturated carbocycles. The highest BCUT2D eigenvalue weighted by atomic mass is 28.3. The van der Waals surface area contributed by atoms with E-state index < -0.39 is 8.24 Å². The number of allylic oxidation sites excluding steroid dienone is 4. The van der Waals surface area contributed by atoms with Gasteiger partial charge in [-0.1, -0.05) is 62.6 Å². The molecule has 1 nitrogen and oxygen atoms in total. The minimum Gasteiger partial charge on any atom is -0.334 e. The van der Waals surface area contributed by atoms with Gasteiger partial charge in [0, 0.05) is 11.1 Å². The zero-order chi connectivity index (χ0) is 13.4. The number of rotatable bonds is 3. The molecule has 0 spiro atoms. The van der Waals surface area contributed by atoms with Gasteiger partial charge in [-0.05, 0) is 26.7 Å². The Balaban J connectivity index is 2.12. The monoisotopic (exact) mass is 263 g/mol. The molecule has 0 bridgehead atoms. The number of hydrogen-bond acceptors (Lipinski definition) is 1. The second kappa shape index (κ2) is 4.97. The van der Waals surface area contributed by atoms with Crippen LogP contribution in [0, 0.1) is 0 Å². The average Bonchev–Trinajstić information content (AvgIpc) is 2.55.